The minimum Gasteiger partial charge on any atom is -0.508 e. The predicted octanol–water partition coefficient (Wildman–Crippen LogP) is 5.06. The molecule has 0 amide bonds. The number of benzene rings is 3. The van der Waals surface area contributed by atoms with Crippen molar-refractivity contribution in [1.82, 2.24) is 0 Å². The summed E-state index contributed by atoms with van der Waals surface area (Å²) in [5, 5.41) is 39.0. The topological polar surface area (TPSA) is 84.2 Å². The van der Waals surface area contributed by atoms with Gasteiger partial charge < -0.3 is 25.3 Å². The Kier molecular flexibility index (Phi) is 4.63. The van der Waals surface area contributed by atoms with Gasteiger partial charge in [-0.05, 0) is 54.1 Å². The van der Waals surface area contributed by atoms with Gasteiger partial charge in [-0.25, -0.2) is 0 Å². The lowest BCUT2D eigenvalue weighted by Gasteiger charge is -2.25. The largest absolute Gasteiger partial charge is 0.508 e. The van der Waals surface area contributed by atoms with Crippen LogP contribution in [0.1, 0.15) is 11.1 Å². The quantitative estimate of drug-likeness (QED) is 0.499. The highest BCUT2D eigenvalue weighted by Gasteiger charge is 2.19. The Balaban J connectivity index is 1.80. The third kappa shape index (κ3) is 3.63. The van der Waals surface area contributed by atoms with Gasteiger partial charge in [0.25, 0.3) is 0 Å². The number of rotatable bonds is 3. The summed E-state index contributed by atoms with van der Waals surface area (Å²) in [5.41, 5.74) is 2.34. The van der Waals surface area contributed by atoms with Gasteiger partial charge in [-0.3, -0.25) is 0 Å². The molecular formula is C22H17NO4S. The molecule has 0 spiro atoms. The van der Waals surface area contributed by atoms with Gasteiger partial charge in [0, 0.05) is 39.5 Å². The Morgan fingerprint density at radius 2 is 1.18 bits per heavy atom. The smallest absolute Gasteiger partial charge is 0.127 e. The van der Waals surface area contributed by atoms with E-state index in [0.29, 0.717) is 5.56 Å². The monoisotopic (exact) mass is 391 g/mol. The van der Waals surface area contributed by atoms with Gasteiger partial charge in [0.2, 0.25) is 0 Å². The second-order valence-corrected chi connectivity index (χ2v) is 7.34. The minimum atomic E-state index is -0.0173. The maximum Gasteiger partial charge on any atom is 0.127 e. The molecule has 3 aromatic carbocycles. The average molecular weight is 391 g/mol. The predicted molar refractivity (Wildman–Crippen MR) is 112 cm³/mol. The van der Waals surface area contributed by atoms with E-state index >= 15 is 0 Å². The fraction of sp³-hybridized carbons (Fsp3) is 0. The summed E-state index contributed by atoms with van der Waals surface area (Å²) in [4.78, 5) is 3.61. The molecule has 0 saturated heterocycles. The summed E-state index contributed by atoms with van der Waals surface area (Å²) in [7, 11) is 0. The molecule has 4 N–H and O–H groups in total. The molecular weight excluding hydrogens is 374 g/mol. The molecule has 0 unspecified atom stereocenters. The highest BCUT2D eigenvalue weighted by atomic mass is 32.2. The maximum atomic E-state index is 10.3. The normalized spacial score (nSPS) is 13.8. The van der Waals surface area contributed by atoms with E-state index in [1.165, 1.54) is 23.9 Å². The van der Waals surface area contributed by atoms with Gasteiger partial charge in [-0.1, -0.05) is 23.9 Å². The van der Waals surface area contributed by atoms with Crippen LogP contribution in [0.15, 0.2) is 79.1 Å². The van der Waals surface area contributed by atoms with E-state index in [2.05, 4.69) is 0 Å². The van der Waals surface area contributed by atoms with Crippen LogP contribution in [-0.2, 0) is 0 Å². The van der Waals surface area contributed by atoms with E-state index in [1.807, 2.05) is 29.4 Å². The lowest BCUT2D eigenvalue weighted by molar-refractivity contribution is 0.449. The molecule has 6 heteroatoms. The van der Waals surface area contributed by atoms with E-state index in [-0.39, 0.29) is 23.0 Å². The summed E-state index contributed by atoms with van der Waals surface area (Å²) in [6.45, 7) is 0. The van der Waals surface area contributed by atoms with Crippen LogP contribution >= 0.6 is 11.8 Å². The summed E-state index contributed by atoms with van der Waals surface area (Å²) in [5.74, 6) is 0.342. The number of nitrogens with zero attached hydrogens (tertiary/aromatic N) is 1. The first-order valence-electron chi connectivity index (χ1n) is 8.50. The molecule has 0 aromatic heterocycles. The number of hydrogen-bond acceptors (Lipinski definition) is 6. The zero-order valence-corrected chi connectivity index (χ0v) is 15.5. The van der Waals surface area contributed by atoms with Crippen LogP contribution in [0, 0.1) is 0 Å². The third-order valence-electron chi connectivity index (χ3n) is 4.28. The van der Waals surface area contributed by atoms with Gasteiger partial charge in [-0.15, -0.1) is 0 Å². The molecule has 0 fully saturated rings. The highest BCUT2D eigenvalue weighted by Crippen LogP contribution is 2.46. The van der Waals surface area contributed by atoms with Crippen LogP contribution in [0.2, 0.25) is 0 Å². The van der Waals surface area contributed by atoms with Gasteiger partial charge in [-0.2, -0.15) is 0 Å². The van der Waals surface area contributed by atoms with Gasteiger partial charge in [0.15, 0.2) is 0 Å². The SMILES string of the molecule is Oc1ccc(C2=CN(c3ccc(O)cc3)C=C(c3ccc(O)cc3O)S2)cc1. The molecule has 1 heterocycles. The van der Waals surface area contributed by atoms with E-state index in [1.54, 1.807) is 42.5 Å². The summed E-state index contributed by atoms with van der Waals surface area (Å²) >= 11 is 1.47. The lowest BCUT2D eigenvalue weighted by atomic mass is 10.1. The first kappa shape index (κ1) is 17.9. The molecule has 140 valence electrons. The average Bonchev–Trinajstić information content (AvgIpc) is 2.69. The first-order valence-corrected chi connectivity index (χ1v) is 9.32. The van der Waals surface area contributed by atoms with E-state index in [9.17, 15) is 20.4 Å². The molecule has 3 aromatic rings. The van der Waals surface area contributed by atoms with Gasteiger partial charge in [0.05, 0.1) is 0 Å². The zero-order chi connectivity index (χ0) is 19.7. The molecule has 5 nitrogen and oxygen atoms in total. The van der Waals surface area contributed by atoms with Crippen molar-refractivity contribution >= 4 is 27.3 Å². The second-order valence-electron chi connectivity index (χ2n) is 6.26. The van der Waals surface area contributed by atoms with Crippen LogP contribution in [-0.4, -0.2) is 20.4 Å². The Hall–Kier alpha value is -3.51. The van der Waals surface area contributed by atoms with Crippen molar-refractivity contribution in [2.24, 2.45) is 0 Å². The van der Waals surface area contributed by atoms with Crippen LogP contribution in [0.3, 0.4) is 0 Å². The minimum absolute atomic E-state index is 0.00708. The summed E-state index contributed by atoms with van der Waals surface area (Å²) in [6.07, 6.45) is 3.83. The van der Waals surface area contributed by atoms with Crippen molar-refractivity contribution < 1.29 is 20.4 Å². The number of aromatic hydroxyl groups is 4. The molecule has 0 aliphatic carbocycles. The fourth-order valence-corrected chi connectivity index (χ4v) is 3.95. The van der Waals surface area contributed by atoms with Crippen LogP contribution in [0.25, 0.3) is 9.81 Å². The number of anilines is 1. The Bertz CT molecular complexity index is 1070. The van der Waals surface area contributed by atoms with Crippen molar-refractivity contribution in [2.75, 3.05) is 4.90 Å². The van der Waals surface area contributed by atoms with E-state index < -0.39 is 0 Å². The molecule has 0 radical (unpaired) electrons. The molecule has 28 heavy (non-hydrogen) atoms. The van der Waals surface area contributed by atoms with Crippen LogP contribution in [0.5, 0.6) is 23.0 Å². The molecule has 1 aliphatic heterocycles. The van der Waals surface area contributed by atoms with Crippen molar-refractivity contribution in [3.8, 4) is 23.0 Å². The molecule has 0 bridgehead atoms. The van der Waals surface area contributed by atoms with Crippen molar-refractivity contribution in [1.29, 1.82) is 0 Å². The lowest BCUT2D eigenvalue weighted by Crippen LogP contribution is -2.11. The van der Waals surface area contributed by atoms with Crippen molar-refractivity contribution in [2.45, 2.75) is 0 Å². The molecule has 1 aliphatic rings. The standard InChI is InChI=1S/C22H17NO4S/c24-16-5-1-14(2-6-16)21-12-23(15-3-7-17(25)8-4-15)13-22(28-21)19-10-9-18(26)11-20(19)27/h1-13,24-27H. The van der Waals surface area contributed by atoms with Crippen molar-refractivity contribution in [3.05, 3.63) is 90.3 Å². The maximum absolute atomic E-state index is 10.3. The van der Waals surface area contributed by atoms with Gasteiger partial charge in [0.1, 0.15) is 23.0 Å². The number of thioether (sulfide) groups is 1. The van der Waals surface area contributed by atoms with Crippen LogP contribution < -0.4 is 4.90 Å². The second kappa shape index (κ2) is 7.25. The fourth-order valence-electron chi connectivity index (χ4n) is 2.85. The third-order valence-corrected chi connectivity index (χ3v) is 5.39. The first-order chi connectivity index (χ1) is 13.5. The molecule has 0 saturated carbocycles. The van der Waals surface area contributed by atoms with E-state index in [0.717, 1.165) is 21.1 Å². The summed E-state index contributed by atoms with van der Waals surface area (Å²) in [6, 6.07) is 18.2. The Labute approximate surface area is 166 Å². The summed E-state index contributed by atoms with van der Waals surface area (Å²) < 4.78 is 0. The number of phenolic OH excluding ortho intramolecular Hbond substituents is 4. The number of hydrogen-bond donors (Lipinski definition) is 4. The van der Waals surface area contributed by atoms with Gasteiger partial charge >= 0.3 is 0 Å². The molecule has 4 rings (SSSR count). The molecule has 0 atom stereocenters. The Morgan fingerprint density at radius 1 is 0.607 bits per heavy atom. The van der Waals surface area contributed by atoms with Crippen molar-refractivity contribution in [3.63, 3.8) is 0 Å². The Morgan fingerprint density at radius 3 is 1.82 bits per heavy atom. The zero-order valence-electron chi connectivity index (χ0n) is 14.6. The number of phenols is 4. The van der Waals surface area contributed by atoms with E-state index in [4.69, 9.17) is 0 Å². The van der Waals surface area contributed by atoms with Crippen LogP contribution in [0.4, 0.5) is 5.69 Å². The highest BCUT2D eigenvalue weighted by molar-refractivity contribution is 8.16.